The summed E-state index contributed by atoms with van der Waals surface area (Å²) in [5, 5.41) is 1.06. The van der Waals surface area contributed by atoms with Crippen molar-refractivity contribution in [1.29, 1.82) is 0 Å². The molecule has 1 aromatic carbocycles. The zero-order valence-electron chi connectivity index (χ0n) is 10.7. The van der Waals surface area contributed by atoms with Gasteiger partial charge in [-0.15, -0.1) is 0 Å². The molecule has 1 aromatic rings. The third-order valence-corrected chi connectivity index (χ3v) is 5.07. The van der Waals surface area contributed by atoms with Gasteiger partial charge in [-0.1, -0.05) is 38.3 Å². The lowest BCUT2D eigenvalue weighted by Gasteiger charge is -2.35. The molecule has 4 heteroatoms. The Bertz CT molecular complexity index is 397. The Morgan fingerprint density at radius 3 is 2.94 bits per heavy atom. The van der Waals surface area contributed by atoms with Gasteiger partial charge in [0.1, 0.15) is 5.75 Å². The molecule has 0 radical (unpaired) electrons. The predicted octanol–water partition coefficient (Wildman–Crippen LogP) is 4.21. The van der Waals surface area contributed by atoms with Crippen LogP contribution in [0.4, 0.5) is 0 Å². The van der Waals surface area contributed by atoms with E-state index in [9.17, 15) is 0 Å². The van der Waals surface area contributed by atoms with E-state index in [1.165, 1.54) is 35.8 Å². The lowest BCUT2D eigenvalue weighted by molar-refractivity contribution is 0.156. The van der Waals surface area contributed by atoms with Crippen molar-refractivity contribution in [2.45, 2.75) is 31.8 Å². The van der Waals surface area contributed by atoms with Crippen LogP contribution in [0.3, 0.4) is 0 Å². The number of rotatable bonds is 4. The summed E-state index contributed by atoms with van der Waals surface area (Å²) in [6.07, 6.45) is 3.96. The Hall–Kier alpha value is -0.0600. The maximum Gasteiger partial charge on any atom is 0.119 e. The lowest BCUT2D eigenvalue weighted by Crippen LogP contribution is -2.40. The van der Waals surface area contributed by atoms with Crippen molar-refractivity contribution in [1.82, 2.24) is 4.90 Å². The maximum atomic E-state index is 5.30. The van der Waals surface area contributed by atoms with E-state index < -0.39 is 0 Å². The Morgan fingerprint density at radius 1 is 1.39 bits per heavy atom. The van der Waals surface area contributed by atoms with Crippen molar-refractivity contribution in [3.05, 3.63) is 28.2 Å². The number of benzene rings is 1. The minimum absolute atomic E-state index is 0.664. The van der Waals surface area contributed by atoms with Gasteiger partial charge in [0.25, 0.3) is 0 Å². The zero-order valence-corrected chi connectivity index (χ0v) is 13.8. The quantitative estimate of drug-likeness (QED) is 0.730. The van der Waals surface area contributed by atoms with Crippen molar-refractivity contribution in [2.75, 3.05) is 19.0 Å². The van der Waals surface area contributed by atoms with Crippen LogP contribution in [0.2, 0.25) is 0 Å². The second kappa shape index (κ2) is 6.92. The number of ether oxygens (including phenoxy) is 1. The first-order valence-electron chi connectivity index (χ1n) is 6.37. The van der Waals surface area contributed by atoms with Gasteiger partial charge in [0.05, 0.1) is 7.11 Å². The molecule has 1 unspecified atom stereocenters. The second-order valence-electron chi connectivity index (χ2n) is 4.73. The highest BCUT2D eigenvalue weighted by Crippen LogP contribution is 2.27. The highest BCUT2D eigenvalue weighted by molar-refractivity contribution is 9.10. The molecule has 1 heterocycles. The Labute approximate surface area is 126 Å². The summed E-state index contributed by atoms with van der Waals surface area (Å²) in [7, 11) is 1.72. The normalized spacial score (nSPS) is 20.9. The lowest BCUT2D eigenvalue weighted by atomic mass is 10.0. The van der Waals surface area contributed by atoms with Gasteiger partial charge in [0.2, 0.25) is 0 Å². The first-order chi connectivity index (χ1) is 8.74. The third kappa shape index (κ3) is 3.49. The number of alkyl halides is 1. The minimum Gasteiger partial charge on any atom is -0.497 e. The molecule has 0 saturated carbocycles. The van der Waals surface area contributed by atoms with E-state index in [-0.39, 0.29) is 0 Å². The molecule has 0 aliphatic carbocycles. The smallest absolute Gasteiger partial charge is 0.119 e. The molecule has 1 aliphatic rings. The molecule has 0 spiro atoms. The van der Waals surface area contributed by atoms with E-state index in [0.717, 1.165) is 17.6 Å². The van der Waals surface area contributed by atoms with Gasteiger partial charge in [-0.3, -0.25) is 4.90 Å². The van der Waals surface area contributed by atoms with Crippen LogP contribution in [0.15, 0.2) is 22.7 Å². The number of hydrogen-bond acceptors (Lipinski definition) is 2. The summed E-state index contributed by atoms with van der Waals surface area (Å²) >= 11 is 7.27. The molecule has 1 saturated heterocycles. The number of piperidine rings is 1. The highest BCUT2D eigenvalue weighted by atomic mass is 79.9. The average Bonchev–Trinajstić information content (AvgIpc) is 2.42. The van der Waals surface area contributed by atoms with Crippen LogP contribution in [0, 0.1) is 0 Å². The van der Waals surface area contributed by atoms with Gasteiger partial charge in [-0.05, 0) is 43.1 Å². The summed E-state index contributed by atoms with van der Waals surface area (Å²) in [6, 6.07) is 6.86. The molecule has 0 amide bonds. The number of halogens is 2. The molecular weight excluding hydrogens is 358 g/mol. The van der Waals surface area contributed by atoms with Gasteiger partial charge in [-0.25, -0.2) is 0 Å². The maximum absolute atomic E-state index is 5.30. The molecule has 2 nitrogen and oxygen atoms in total. The molecule has 18 heavy (non-hydrogen) atoms. The molecule has 1 atom stereocenters. The van der Waals surface area contributed by atoms with Crippen LogP contribution in [-0.4, -0.2) is 29.9 Å². The van der Waals surface area contributed by atoms with Gasteiger partial charge in [0, 0.05) is 22.4 Å². The second-order valence-corrected chi connectivity index (χ2v) is 6.23. The van der Waals surface area contributed by atoms with E-state index in [2.05, 4.69) is 48.9 Å². The number of methoxy groups -OCH3 is 1. The summed E-state index contributed by atoms with van der Waals surface area (Å²) in [4.78, 5) is 2.57. The molecule has 2 rings (SSSR count). The molecule has 1 fully saturated rings. The average molecular weight is 377 g/mol. The minimum atomic E-state index is 0.664. The van der Waals surface area contributed by atoms with Crippen molar-refractivity contribution < 1.29 is 4.74 Å². The van der Waals surface area contributed by atoms with Gasteiger partial charge >= 0.3 is 0 Å². The van der Waals surface area contributed by atoms with E-state index in [4.69, 9.17) is 4.74 Å². The molecular formula is C14H19Br2NO. The number of nitrogens with zero attached hydrogens (tertiary/aromatic N) is 1. The molecule has 0 N–H and O–H groups in total. The Kier molecular flexibility index (Phi) is 5.52. The third-order valence-electron chi connectivity index (χ3n) is 3.55. The van der Waals surface area contributed by atoms with E-state index in [0.29, 0.717) is 6.04 Å². The summed E-state index contributed by atoms with van der Waals surface area (Å²) in [6.45, 7) is 2.19. The van der Waals surface area contributed by atoms with Crippen LogP contribution in [-0.2, 0) is 6.54 Å². The van der Waals surface area contributed by atoms with Crippen molar-refractivity contribution in [3.8, 4) is 5.75 Å². The Balaban J connectivity index is 2.11. The van der Waals surface area contributed by atoms with Gasteiger partial charge < -0.3 is 4.74 Å². The predicted molar refractivity (Wildman–Crippen MR) is 82.5 cm³/mol. The SMILES string of the molecule is COc1ccc(Br)c(CN2CCCCC2CBr)c1. The largest absolute Gasteiger partial charge is 0.497 e. The first-order valence-corrected chi connectivity index (χ1v) is 8.28. The number of hydrogen-bond donors (Lipinski definition) is 0. The van der Waals surface area contributed by atoms with Gasteiger partial charge in [-0.2, -0.15) is 0 Å². The van der Waals surface area contributed by atoms with Crippen molar-refractivity contribution in [2.24, 2.45) is 0 Å². The van der Waals surface area contributed by atoms with Crippen LogP contribution in [0.1, 0.15) is 24.8 Å². The fraction of sp³-hybridized carbons (Fsp3) is 0.571. The van der Waals surface area contributed by atoms with E-state index >= 15 is 0 Å². The highest BCUT2D eigenvalue weighted by Gasteiger charge is 2.22. The summed E-state index contributed by atoms with van der Waals surface area (Å²) in [5.41, 5.74) is 1.31. The Morgan fingerprint density at radius 2 is 2.22 bits per heavy atom. The number of likely N-dealkylation sites (tertiary alicyclic amines) is 1. The summed E-state index contributed by atoms with van der Waals surface area (Å²) in [5.74, 6) is 0.931. The molecule has 0 bridgehead atoms. The van der Waals surface area contributed by atoms with Gasteiger partial charge in [0.15, 0.2) is 0 Å². The molecule has 1 aliphatic heterocycles. The standard InChI is InChI=1S/C14H19Br2NO/c1-18-13-5-6-14(16)11(8-13)10-17-7-3-2-4-12(17)9-15/h5-6,8,12H,2-4,7,9-10H2,1H3. The van der Waals surface area contributed by atoms with Crippen LogP contribution in [0.5, 0.6) is 5.75 Å². The molecule has 0 aromatic heterocycles. The monoisotopic (exact) mass is 375 g/mol. The fourth-order valence-corrected chi connectivity index (χ4v) is 3.57. The van der Waals surface area contributed by atoms with Crippen molar-refractivity contribution >= 4 is 31.9 Å². The van der Waals surface area contributed by atoms with Crippen LogP contribution in [0.25, 0.3) is 0 Å². The topological polar surface area (TPSA) is 12.5 Å². The van der Waals surface area contributed by atoms with E-state index in [1.54, 1.807) is 7.11 Å². The zero-order chi connectivity index (χ0) is 13.0. The first kappa shape index (κ1) is 14.4. The van der Waals surface area contributed by atoms with Crippen LogP contribution >= 0.6 is 31.9 Å². The van der Waals surface area contributed by atoms with Crippen LogP contribution < -0.4 is 4.74 Å². The fourth-order valence-electron chi connectivity index (χ4n) is 2.46. The molecule has 100 valence electrons. The van der Waals surface area contributed by atoms with Crippen molar-refractivity contribution in [3.63, 3.8) is 0 Å². The summed E-state index contributed by atoms with van der Waals surface area (Å²) < 4.78 is 6.47. The van der Waals surface area contributed by atoms with E-state index in [1.807, 2.05) is 6.07 Å².